The van der Waals surface area contributed by atoms with Crippen LogP contribution in [0.3, 0.4) is 0 Å². The lowest BCUT2D eigenvalue weighted by Gasteiger charge is -2.36. The molecule has 4 heterocycles. The van der Waals surface area contributed by atoms with Crippen LogP contribution < -0.4 is 20.2 Å². The second kappa shape index (κ2) is 23.4. The van der Waals surface area contributed by atoms with Gasteiger partial charge in [-0.25, -0.2) is 15.4 Å². The maximum Gasteiger partial charge on any atom is 0.324 e. The van der Waals surface area contributed by atoms with Crippen LogP contribution >= 0.6 is 0 Å². The van der Waals surface area contributed by atoms with Crippen molar-refractivity contribution in [2.24, 2.45) is 21.3 Å². The number of benzene rings is 3. The molecule has 3 amide bonds. The van der Waals surface area contributed by atoms with Crippen molar-refractivity contribution in [3.8, 4) is 33.9 Å². The van der Waals surface area contributed by atoms with Gasteiger partial charge in [0.1, 0.15) is 29.6 Å². The fourth-order valence-corrected chi connectivity index (χ4v) is 9.81. The first-order valence-corrected chi connectivity index (χ1v) is 24.4. The van der Waals surface area contributed by atoms with Gasteiger partial charge in [0, 0.05) is 74.4 Å². The molecule has 0 unspecified atom stereocenters. The predicted octanol–water partition coefficient (Wildman–Crippen LogP) is 7.45. The van der Waals surface area contributed by atoms with Crippen molar-refractivity contribution in [1.82, 2.24) is 30.2 Å². The molecule has 376 valence electrons. The van der Waals surface area contributed by atoms with Crippen molar-refractivity contribution in [2.75, 3.05) is 48.1 Å². The van der Waals surface area contributed by atoms with E-state index in [9.17, 15) is 19.2 Å². The third kappa shape index (κ3) is 12.0. The van der Waals surface area contributed by atoms with E-state index in [1.165, 1.54) is 9.91 Å². The van der Waals surface area contributed by atoms with Gasteiger partial charge in [-0.15, -0.1) is 0 Å². The summed E-state index contributed by atoms with van der Waals surface area (Å²) in [4.78, 5) is 71.3. The van der Waals surface area contributed by atoms with Crippen LogP contribution in [0.1, 0.15) is 76.1 Å². The molecule has 2 aliphatic heterocycles. The number of hydrogen-bond donors (Lipinski definition) is 2. The second-order valence-corrected chi connectivity index (χ2v) is 19.4. The van der Waals surface area contributed by atoms with Gasteiger partial charge in [-0.3, -0.25) is 29.2 Å². The van der Waals surface area contributed by atoms with Crippen LogP contribution in [0.15, 0.2) is 89.1 Å². The number of nitrogens with zero attached hydrogens (tertiary/aromatic N) is 6. The van der Waals surface area contributed by atoms with Crippen LogP contribution in [0.5, 0.6) is 11.5 Å². The maximum absolute atomic E-state index is 14.7. The summed E-state index contributed by atoms with van der Waals surface area (Å²) in [5.41, 5.74) is 11.4. The number of fused-ring (bicyclic) bond motifs is 6. The molecule has 5 aromatic rings. The Labute approximate surface area is 416 Å². The van der Waals surface area contributed by atoms with Crippen molar-refractivity contribution in [2.45, 2.75) is 105 Å². The number of amides is 3. The van der Waals surface area contributed by atoms with Crippen LogP contribution in [0.4, 0.5) is 0 Å². The number of likely N-dealkylation sites (N-methyl/N-ethyl adjacent to an activating group) is 1. The molecule has 3 atom stereocenters. The van der Waals surface area contributed by atoms with E-state index < -0.39 is 41.3 Å². The SMILES string of the molecule is CCn1c(-c2cnccc2COC)c2c3cc(ccc31)-c1cccc(c1)C[C@H](NC(=O)[C@H](C(C)C)N(C)C(=O)CCN=C=NCc1c(OC)cccc1OC)C(=O)N1CCC[C@H](N1)C(=O)OCC(C)(C)C2. The van der Waals surface area contributed by atoms with E-state index >= 15 is 0 Å². The fraction of sp³-hybridized carbons (Fsp3) is 0.455. The molecule has 0 aliphatic carbocycles. The molecule has 2 N–H and O–H groups in total. The highest BCUT2D eigenvalue weighted by atomic mass is 16.5. The number of esters is 1. The van der Waals surface area contributed by atoms with Gasteiger partial charge in [0.25, 0.3) is 5.91 Å². The Kier molecular flexibility index (Phi) is 17.1. The minimum absolute atomic E-state index is 0.00506. The Morgan fingerprint density at radius 3 is 2.48 bits per heavy atom. The second-order valence-electron chi connectivity index (χ2n) is 19.4. The fourth-order valence-electron chi connectivity index (χ4n) is 9.81. The average molecular weight is 969 g/mol. The minimum atomic E-state index is -1.05. The Hall–Kier alpha value is -6.87. The highest BCUT2D eigenvalue weighted by Crippen LogP contribution is 2.41. The van der Waals surface area contributed by atoms with E-state index in [2.05, 4.69) is 87.4 Å². The smallest absolute Gasteiger partial charge is 0.324 e. The number of carbonyl (C=O) groups excluding carboxylic acids is 4. The van der Waals surface area contributed by atoms with Gasteiger partial charge in [0.15, 0.2) is 0 Å². The normalized spacial score (nSPS) is 17.4. The van der Waals surface area contributed by atoms with Crippen molar-refractivity contribution in [1.29, 1.82) is 0 Å². The number of carbonyl (C=O) groups is 4. The molecule has 2 aliphatic rings. The van der Waals surface area contributed by atoms with Crippen LogP contribution in [-0.2, 0) is 61.2 Å². The Morgan fingerprint density at radius 2 is 1.76 bits per heavy atom. The quantitative estimate of drug-likeness (QED) is 0.0791. The first-order chi connectivity index (χ1) is 34.2. The summed E-state index contributed by atoms with van der Waals surface area (Å²) in [6.45, 7) is 12.0. The summed E-state index contributed by atoms with van der Waals surface area (Å²) in [7, 11) is 6.43. The average Bonchev–Trinajstić information content (AvgIpc) is 3.67. The van der Waals surface area contributed by atoms with E-state index in [1.807, 2.05) is 56.4 Å². The van der Waals surface area contributed by atoms with Crippen LogP contribution in [0.2, 0.25) is 0 Å². The number of hydrazine groups is 1. The summed E-state index contributed by atoms with van der Waals surface area (Å²) in [6.07, 6.45) is 5.44. The lowest BCUT2D eigenvalue weighted by molar-refractivity contribution is -0.155. The zero-order chi connectivity index (χ0) is 50.8. The number of aromatic nitrogens is 2. The lowest BCUT2D eigenvalue weighted by Crippen LogP contribution is -2.62. The van der Waals surface area contributed by atoms with Crippen molar-refractivity contribution in [3.05, 3.63) is 101 Å². The molecule has 0 radical (unpaired) electrons. The first kappa shape index (κ1) is 52.0. The lowest BCUT2D eigenvalue weighted by atomic mass is 9.84. The molecule has 2 aromatic heterocycles. The van der Waals surface area contributed by atoms with Gasteiger partial charge in [-0.05, 0) is 90.3 Å². The van der Waals surface area contributed by atoms with Crippen LogP contribution in [0.25, 0.3) is 33.3 Å². The molecule has 6 bridgehead atoms. The van der Waals surface area contributed by atoms with Gasteiger partial charge < -0.3 is 33.7 Å². The van der Waals surface area contributed by atoms with Crippen molar-refractivity contribution >= 4 is 40.6 Å². The van der Waals surface area contributed by atoms with Gasteiger partial charge in [0.2, 0.25) is 11.8 Å². The van der Waals surface area contributed by atoms with Crippen molar-refractivity contribution < 1.29 is 38.1 Å². The number of rotatable bonds is 15. The molecule has 16 heteroatoms. The summed E-state index contributed by atoms with van der Waals surface area (Å²) in [5, 5.41) is 5.57. The number of hydrogen-bond acceptors (Lipinski definition) is 12. The predicted molar refractivity (Wildman–Crippen MR) is 273 cm³/mol. The third-order valence-corrected chi connectivity index (χ3v) is 13.3. The number of pyridine rings is 1. The van der Waals surface area contributed by atoms with E-state index in [-0.39, 0.29) is 44.4 Å². The largest absolute Gasteiger partial charge is 0.496 e. The van der Waals surface area contributed by atoms with Crippen LogP contribution in [0, 0.1) is 11.3 Å². The molecule has 16 nitrogen and oxygen atoms in total. The summed E-state index contributed by atoms with van der Waals surface area (Å²) < 4.78 is 25.0. The van der Waals surface area contributed by atoms with E-state index in [1.54, 1.807) is 34.6 Å². The molecule has 71 heavy (non-hydrogen) atoms. The molecular formula is C55H68N8O8. The number of aryl methyl sites for hydroxylation is 1. The highest BCUT2D eigenvalue weighted by molar-refractivity contribution is 5.96. The number of methoxy groups -OCH3 is 3. The zero-order valence-corrected chi connectivity index (χ0v) is 42.5. The molecule has 1 fully saturated rings. The number of aliphatic imine (C=N–C) groups is 2. The zero-order valence-electron chi connectivity index (χ0n) is 42.5. The number of nitrogens with one attached hydrogen (secondary N) is 2. The number of cyclic esters (lactones) is 1. The Bertz CT molecular complexity index is 2770. The maximum atomic E-state index is 14.7. The monoisotopic (exact) mass is 969 g/mol. The summed E-state index contributed by atoms with van der Waals surface area (Å²) in [6, 6.07) is 21.9. The van der Waals surface area contributed by atoms with Gasteiger partial charge >= 0.3 is 5.97 Å². The van der Waals surface area contributed by atoms with Gasteiger partial charge in [-0.2, -0.15) is 0 Å². The first-order valence-electron chi connectivity index (χ1n) is 24.4. The molecule has 1 saturated heterocycles. The standard InChI is InChI=1S/C55H68N8O8/c1-10-62-46-20-19-38-28-40(46)41(51(62)42-30-56-23-21-39(42)32-68-7)29-55(4,5)33-71-54(67)44-16-13-25-63(60-44)53(66)45(27-36-14-11-15-37(38)26-36)59-52(65)50(35(2)3)61(6)49(64)22-24-57-34-58-31-43-47(69-8)17-12-18-48(43)70-9/h11-12,14-15,17-21,23,26,28,30,35,44-45,50,60H,10,13,16,22,24-25,27,29,31-33H2,1-9H3,(H,59,65)/t44-,45-,50-/m0/s1. The van der Waals surface area contributed by atoms with E-state index in [0.717, 1.165) is 55.5 Å². The van der Waals surface area contributed by atoms with E-state index in [0.29, 0.717) is 50.5 Å². The molecule has 7 rings (SSSR count). The molecule has 0 saturated carbocycles. The topological polar surface area (TPSA) is 178 Å². The van der Waals surface area contributed by atoms with Gasteiger partial charge in [0.05, 0.1) is 57.8 Å². The summed E-state index contributed by atoms with van der Waals surface area (Å²) >= 11 is 0. The molecule has 0 spiro atoms. The third-order valence-electron chi connectivity index (χ3n) is 13.3. The van der Waals surface area contributed by atoms with E-state index in [4.69, 9.17) is 18.9 Å². The Balaban J connectivity index is 1.19. The molecular weight excluding hydrogens is 901 g/mol. The highest BCUT2D eigenvalue weighted by Gasteiger charge is 2.37. The number of ether oxygens (including phenoxy) is 4. The summed E-state index contributed by atoms with van der Waals surface area (Å²) in [5.74, 6) is -0.698. The van der Waals surface area contributed by atoms with Gasteiger partial charge in [-0.1, -0.05) is 64.1 Å². The Morgan fingerprint density at radius 1 is 1.01 bits per heavy atom. The minimum Gasteiger partial charge on any atom is -0.496 e. The van der Waals surface area contributed by atoms with Crippen molar-refractivity contribution in [3.63, 3.8) is 0 Å². The van der Waals surface area contributed by atoms with Crippen LogP contribution in [-0.4, -0.2) is 115 Å². The molecule has 3 aromatic carbocycles.